The molecule has 0 aliphatic carbocycles. The highest BCUT2D eigenvalue weighted by Gasteiger charge is 2.30. The summed E-state index contributed by atoms with van der Waals surface area (Å²) in [7, 11) is 0. The largest absolute Gasteiger partial charge is 0.755 e. The summed E-state index contributed by atoms with van der Waals surface area (Å²) in [5.74, 6) is -1.53. The second kappa shape index (κ2) is 10.5. The van der Waals surface area contributed by atoms with Gasteiger partial charge in [0.15, 0.2) is 0 Å². The quantitative estimate of drug-likeness (QED) is 0.422. The molecule has 4 rings (SSSR count). The molecule has 176 valence electrons. The molecule has 9 heteroatoms. The van der Waals surface area contributed by atoms with Crippen LogP contribution < -0.4 is 9.21 Å². The van der Waals surface area contributed by atoms with Crippen LogP contribution >= 0.6 is 15.9 Å². The van der Waals surface area contributed by atoms with E-state index in [1.165, 1.54) is 0 Å². The molecule has 0 saturated heterocycles. The van der Waals surface area contributed by atoms with E-state index in [4.69, 9.17) is 0 Å². The van der Waals surface area contributed by atoms with Gasteiger partial charge in [0.05, 0.1) is 0 Å². The first-order valence-electron chi connectivity index (χ1n) is 10.7. The molecule has 0 fully saturated rings. The Morgan fingerprint density at radius 2 is 1.65 bits per heavy atom. The van der Waals surface area contributed by atoms with Crippen molar-refractivity contribution in [1.29, 1.82) is 0 Å². The van der Waals surface area contributed by atoms with E-state index in [0.717, 1.165) is 37.6 Å². The maximum Gasteiger partial charge on any atom is 0.327 e. The molecule has 0 aromatic heterocycles. The Labute approximate surface area is 208 Å². The minimum atomic E-state index is -2.84. The SMILES string of the molecule is O=C(O)C(CCC(=O)N1CCc2ccccc21)N(c1ccc(-c2ccc(Br)cc2)cc1)S(=O)[O-]. The molecule has 1 amide bonds. The van der Waals surface area contributed by atoms with Crippen molar-refractivity contribution in [1.82, 2.24) is 0 Å². The van der Waals surface area contributed by atoms with Crippen LogP contribution in [-0.4, -0.2) is 38.3 Å². The normalized spacial score (nSPS) is 14.4. The lowest BCUT2D eigenvalue weighted by Crippen LogP contribution is -2.43. The van der Waals surface area contributed by atoms with Gasteiger partial charge in [-0.2, -0.15) is 0 Å². The van der Waals surface area contributed by atoms with Gasteiger partial charge in [-0.1, -0.05) is 58.4 Å². The number of para-hydroxylation sites is 1. The number of aliphatic carboxylic acids is 1. The summed E-state index contributed by atoms with van der Waals surface area (Å²) in [6.45, 7) is 0.532. The number of halogens is 1. The standard InChI is InChI=1S/C25H23BrN2O5S/c26-20-9-5-17(6-10-20)18-7-11-21(12-8-18)28(34(32)33)23(25(30)31)13-14-24(29)27-16-15-19-3-1-2-4-22(19)27/h1-12,23H,13-16H2,(H,30,31)(H,32,33)/p-1. The number of anilines is 2. The van der Waals surface area contributed by atoms with Gasteiger partial charge in [0.25, 0.3) is 0 Å². The maximum absolute atomic E-state index is 12.8. The molecule has 0 radical (unpaired) electrons. The van der Waals surface area contributed by atoms with Gasteiger partial charge >= 0.3 is 5.97 Å². The number of nitrogens with zero attached hydrogens (tertiary/aromatic N) is 2. The van der Waals surface area contributed by atoms with Crippen LogP contribution in [0, 0.1) is 0 Å². The van der Waals surface area contributed by atoms with Gasteiger partial charge in [-0.25, -0.2) is 4.79 Å². The molecule has 1 heterocycles. The van der Waals surface area contributed by atoms with Crippen LogP contribution in [0.2, 0.25) is 0 Å². The predicted molar refractivity (Wildman–Crippen MR) is 134 cm³/mol. The number of carbonyl (C=O) groups is 2. The average Bonchev–Trinajstić information content (AvgIpc) is 3.26. The summed E-state index contributed by atoms with van der Waals surface area (Å²) < 4.78 is 25.9. The van der Waals surface area contributed by atoms with Crippen molar-refractivity contribution in [3.05, 3.63) is 82.8 Å². The molecule has 7 nitrogen and oxygen atoms in total. The van der Waals surface area contributed by atoms with E-state index in [2.05, 4.69) is 15.9 Å². The van der Waals surface area contributed by atoms with Gasteiger partial charge in [-0.3, -0.25) is 13.3 Å². The molecule has 2 atom stereocenters. The fraction of sp³-hybridized carbons (Fsp3) is 0.200. The third kappa shape index (κ3) is 5.22. The fourth-order valence-electron chi connectivity index (χ4n) is 4.15. The Morgan fingerprint density at radius 1 is 1.03 bits per heavy atom. The second-order valence-electron chi connectivity index (χ2n) is 7.91. The first-order chi connectivity index (χ1) is 16.3. The first kappa shape index (κ1) is 24.1. The van der Waals surface area contributed by atoms with Gasteiger partial charge in [-0.05, 0) is 59.9 Å². The molecule has 1 aliphatic rings. The third-order valence-electron chi connectivity index (χ3n) is 5.85. The van der Waals surface area contributed by atoms with Crippen LogP contribution in [0.4, 0.5) is 11.4 Å². The molecular weight excluding hydrogens is 520 g/mol. The van der Waals surface area contributed by atoms with Crippen LogP contribution in [0.15, 0.2) is 77.3 Å². The summed E-state index contributed by atoms with van der Waals surface area (Å²) in [4.78, 5) is 26.5. The Bertz CT molecular complexity index is 1220. The van der Waals surface area contributed by atoms with Crippen LogP contribution in [0.25, 0.3) is 11.1 Å². The zero-order chi connectivity index (χ0) is 24.2. The lowest BCUT2D eigenvalue weighted by molar-refractivity contribution is -0.138. The lowest BCUT2D eigenvalue weighted by atomic mass is 10.0. The van der Waals surface area contributed by atoms with Gasteiger partial charge in [0.1, 0.15) is 6.04 Å². The molecule has 3 aromatic rings. The van der Waals surface area contributed by atoms with Gasteiger partial charge in [0.2, 0.25) is 5.91 Å². The highest BCUT2D eigenvalue weighted by Crippen LogP contribution is 2.30. The van der Waals surface area contributed by atoms with Crippen LogP contribution in [0.3, 0.4) is 0 Å². The molecule has 1 aliphatic heterocycles. The van der Waals surface area contributed by atoms with E-state index < -0.39 is 23.3 Å². The molecule has 1 N–H and O–H groups in total. The summed E-state index contributed by atoms with van der Waals surface area (Å²) in [5, 5.41) is 9.80. The van der Waals surface area contributed by atoms with Crippen molar-refractivity contribution < 1.29 is 23.5 Å². The molecule has 34 heavy (non-hydrogen) atoms. The van der Waals surface area contributed by atoms with Gasteiger partial charge in [-0.15, -0.1) is 0 Å². The van der Waals surface area contributed by atoms with Crippen molar-refractivity contribution in [2.24, 2.45) is 0 Å². The van der Waals surface area contributed by atoms with Crippen molar-refractivity contribution in [2.45, 2.75) is 25.3 Å². The van der Waals surface area contributed by atoms with E-state index in [9.17, 15) is 23.5 Å². The van der Waals surface area contributed by atoms with Gasteiger partial charge < -0.3 is 14.6 Å². The average molecular weight is 542 g/mol. The second-order valence-corrected chi connectivity index (χ2v) is 9.66. The number of carboxylic acids is 1. The maximum atomic E-state index is 12.8. The monoisotopic (exact) mass is 541 g/mol. The van der Waals surface area contributed by atoms with E-state index in [-0.39, 0.29) is 24.4 Å². The Balaban J connectivity index is 1.51. The summed E-state index contributed by atoms with van der Waals surface area (Å²) in [6, 6.07) is 20.5. The lowest BCUT2D eigenvalue weighted by Gasteiger charge is -2.32. The van der Waals surface area contributed by atoms with E-state index in [0.29, 0.717) is 6.54 Å². The zero-order valence-electron chi connectivity index (χ0n) is 18.1. The summed E-state index contributed by atoms with van der Waals surface area (Å²) in [5.41, 5.74) is 3.92. The Kier molecular flexibility index (Phi) is 7.45. The predicted octanol–water partition coefficient (Wildman–Crippen LogP) is 4.54. The molecule has 3 aromatic carbocycles. The minimum absolute atomic E-state index is 0.0873. The topological polar surface area (TPSA) is 101 Å². The third-order valence-corrected chi connectivity index (χ3v) is 7.16. The van der Waals surface area contributed by atoms with Crippen LogP contribution in [0.1, 0.15) is 18.4 Å². The highest BCUT2D eigenvalue weighted by atomic mass is 79.9. The number of carboxylic acid groups (broad SMARTS) is 1. The van der Waals surface area contributed by atoms with Crippen molar-refractivity contribution >= 4 is 50.4 Å². The number of amides is 1. The smallest absolute Gasteiger partial charge is 0.327 e. The molecule has 0 saturated carbocycles. The first-order valence-corrected chi connectivity index (χ1v) is 12.5. The number of hydrogen-bond donors (Lipinski definition) is 1. The van der Waals surface area contributed by atoms with Crippen molar-refractivity contribution in [3.63, 3.8) is 0 Å². The molecular formula is C25H22BrN2O5S-. The van der Waals surface area contributed by atoms with Crippen LogP contribution in [-0.2, 0) is 27.3 Å². The summed E-state index contributed by atoms with van der Waals surface area (Å²) >= 11 is 0.550. The van der Waals surface area contributed by atoms with Gasteiger partial charge in [0, 0.05) is 40.1 Å². The van der Waals surface area contributed by atoms with Crippen molar-refractivity contribution in [2.75, 3.05) is 15.7 Å². The number of benzene rings is 3. The molecule has 0 bridgehead atoms. The van der Waals surface area contributed by atoms with Crippen LogP contribution in [0.5, 0.6) is 0 Å². The summed E-state index contributed by atoms with van der Waals surface area (Å²) in [6.07, 6.45) is 0.511. The van der Waals surface area contributed by atoms with E-state index >= 15 is 0 Å². The number of hydrogen-bond acceptors (Lipinski definition) is 4. The number of fused-ring (bicyclic) bond motifs is 1. The molecule has 2 unspecified atom stereocenters. The zero-order valence-corrected chi connectivity index (χ0v) is 20.5. The van der Waals surface area contributed by atoms with Crippen molar-refractivity contribution in [3.8, 4) is 11.1 Å². The minimum Gasteiger partial charge on any atom is -0.755 e. The number of carbonyl (C=O) groups excluding carboxylic acids is 1. The number of rotatable bonds is 8. The Hall–Kier alpha value is -3.01. The highest BCUT2D eigenvalue weighted by molar-refractivity contribution is 9.10. The Morgan fingerprint density at radius 3 is 2.26 bits per heavy atom. The van der Waals surface area contributed by atoms with E-state index in [1.807, 2.05) is 48.5 Å². The van der Waals surface area contributed by atoms with E-state index in [1.54, 1.807) is 29.2 Å². The molecule has 0 spiro atoms. The fourth-order valence-corrected chi connectivity index (χ4v) is 5.11.